The molecule has 1 aliphatic carbocycles. The van der Waals surface area contributed by atoms with E-state index in [4.69, 9.17) is 0 Å². The SMILES string of the molecule is C[C@@H]1CN(c2ccnn3cc(-c4cnn(-c5cccnc5)c4)cc23)C(=O)[C@]1(C#N)C1CC1. The van der Waals surface area contributed by atoms with Crippen LogP contribution in [0, 0.1) is 28.6 Å². The fourth-order valence-electron chi connectivity index (χ4n) is 5.00. The van der Waals surface area contributed by atoms with E-state index in [2.05, 4.69) is 21.3 Å². The highest BCUT2D eigenvalue weighted by Crippen LogP contribution is 2.54. The van der Waals surface area contributed by atoms with Crippen LogP contribution in [0.4, 0.5) is 5.69 Å². The van der Waals surface area contributed by atoms with Crippen molar-refractivity contribution in [3.63, 3.8) is 0 Å². The summed E-state index contributed by atoms with van der Waals surface area (Å²) in [5, 5.41) is 18.9. The molecule has 6 rings (SSSR count). The van der Waals surface area contributed by atoms with Crippen LogP contribution in [0.2, 0.25) is 0 Å². The van der Waals surface area contributed by atoms with Crippen LogP contribution >= 0.6 is 0 Å². The van der Waals surface area contributed by atoms with Crippen molar-refractivity contribution >= 4 is 17.1 Å². The van der Waals surface area contributed by atoms with Gasteiger partial charge in [-0.25, -0.2) is 9.20 Å². The fraction of sp³-hybridized carbons (Fsp3) is 0.292. The minimum absolute atomic E-state index is 0.00661. The molecular formula is C24H21N7O. The van der Waals surface area contributed by atoms with Crippen LogP contribution in [0.15, 0.2) is 61.4 Å². The standard InChI is InChI=1S/C24H21N7O/c1-16-12-29(23(32)24(16,15-25)19-4-5-19)21-6-8-27-31-13-17(9-22(21)31)18-10-28-30(14-18)20-3-2-7-26-11-20/h2-3,6-11,13-14,16,19H,4-5,12H2,1H3/t16-,24+/m1/s1. The van der Waals surface area contributed by atoms with Gasteiger partial charge in [0.25, 0.3) is 0 Å². The number of rotatable bonds is 4. The maximum absolute atomic E-state index is 13.5. The molecule has 0 aromatic carbocycles. The Bertz CT molecular complexity index is 1380. The van der Waals surface area contributed by atoms with Gasteiger partial charge in [0.2, 0.25) is 5.91 Å². The first kappa shape index (κ1) is 18.8. The number of hydrogen-bond acceptors (Lipinski definition) is 5. The molecule has 2 fully saturated rings. The molecule has 8 heteroatoms. The van der Waals surface area contributed by atoms with E-state index in [1.165, 1.54) is 0 Å². The number of pyridine rings is 1. The van der Waals surface area contributed by atoms with Crippen LogP contribution < -0.4 is 4.90 Å². The number of carbonyl (C=O) groups is 1. The first-order valence-electron chi connectivity index (χ1n) is 10.8. The van der Waals surface area contributed by atoms with Gasteiger partial charge in [-0.1, -0.05) is 6.92 Å². The second kappa shape index (κ2) is 6.76. The molecule has 2 aliphatic rings. The lowest BCUT2D eigenvalue weighted by molar-refractivity contribution is -0.124. The third-order valence-corrected chi connectivity index (χ3v) is 6.84. The lowest BCUT2D eigenvalue weighted by Gasteiger charge is -2.23. The topological polar surface area (TPSA) is 92.1 Å². The van der Waals surface area contributed by atoms with Gasteiger partial charge in [0.05, 0.1) is 35.4 Å². The van der Waals surface area contributed by atoms with E-state index >= 15 is 0 Å². The van der Waals surface area contributed by atoms with Crippen LogP contribution in [-0.4, -0.2) is 36.8 Å². The highest BCUT2D eigenvalue weighted by molar-refractivity contribution is 6.05. The summed E-state index contributed by atoms with van der Waals surface area (Å²) in [5.41, 5.74) is 3.50. The molecule has 0 N–H and O–H groups in total. The first-order chi connectivity index (χ1) is 15.6. The Labute approximate surface area is 184 Å². The zero-order valence-corrected chi connectivity index (χ0v) is 17.6. The number of aromatic nitrogens is 5. The molecule has 4 aromatic rings. The largest absolute Gasteiger partial charge is 0.309 e. The summed E-state index contributed by atoms with van der Waals surface area (Å²) in [7, 11) is 0. The normalized spacial score (nSPS) is 23.1. The summed E-state index contributed by atoms with van der Waals surface area (Å²) < 4.78 is 3.56. The van der Waals surface area contributed by atoms with Gasteiger partial charge in [0, 0.05) is 48.4 Å². The van der Waals surface area contributed by atoms with Gasteiger partial charge in [-0.05, 0) is 43.0 Å². The Morgan fingerprint density at radius 2 is 2.00 bits per heavy atom. The molecule has 1 saturated heterocycles. The number of nitrogens with zero attached hydrogens (tertiary/aromatic N) is 7. The van der Waals surface area contributed by atoms with Crippen molar-refractivity contribution in [3.8, 4) is 22.9 Å². The summed E-state index contributed by atoms with van der Waals surface area (Å²) >= 11 is 0. The lowest BCUT2D eigenvalue weighted by Crippen LogP contribution is -2.37. The summed E-state index contributed by atoms with van der Waals surface area (Å²) in [5.74, 6) is 0.0987. The zero-order chi connectivity index (χ0) is 21.9. The van der Waals surface area contributed by atoms with Crippen LogP contribution in [0.5, 0.6) is 0 Å². The molecule has 8 nitrogen and oxygen atoms in total. The minimum atomic E-state index is -0.902. The molecule has 0 unspecified atom stereocenters. The van der Waals surface area contributed by atoms with Gasteiger partial charge in [0.1, 0.15) is 5.41 Å². The van der Waals surface area contributed by atoms with Gasteiger partial charge in [0.15, 0.2) is 0 Å². The molecule has 1 aliphatic heterocycles. The van der Waals surface area contributed by atoms with Gasteiger partial charge in [-0.15, -0.1) is 0 Å². The Kier molecular flexibility index (Phi) is 3.96. The highest BCUT2D eigenvalue weighted by Gasteiger charge is 2.61. The molecule has 5 heterocycles. The number of carbonyl (C=O) groups excluding carboxylic acids is 1. The maximum atomic E-state index is 13.5. The molecular weight excluding hydrogens is 402 g/mol. The number of amides is 1. The monoisotopic (exact) mass is 423 g/mol. The molecule has 1 amide bonds. The summed E-state index contributed by atoms with van der Waals surface area (Å²) in [6.45, 7) is 2.57. The van der Waals surface area contributed by atoms with E-state index in [-0.39, 0.29) is 17.7 Å². The van der Waals surface area contributed by atoms with Gasteiger partial charge in [-0.2, -0.15) is 15.5 Å². The fourth-order valence-corrected chi connectivity index (χ4v) is 5.00. The van der Waals surface area contributed by atoms with Crippen molar-refractivity contribution in [2.45, 2.75) is 19.8 Å². The predicted molar refractivity (Wildman–Crippen MR) is 118 cm³/mol. The summed E-state index contributed by atoms with van der Waals surface area (Å²) in [4.78, 5) is 19.4. The van der Waals surface area contributed by atoms with Crippen molar-refractivity contribution in [1.82, 2.24) is 24.4 Å². The van der Waals surface area contributed by atoms with E-state index in [0.717, 1.165) is 40.9 Å². The van der Waals surface area contributed by atoms with E-state index in [9.17, 15) is 10.1 Å². The lowest BCUT2D eigenvalue weighted by atomic mass is 9.75. The van der Waals surface area contributed by atoms with E-state index < -0.39 is 5.41 Å². The second-order valence-corrected chi connectivity index (χ2v) is 8.73. The molecule has 4 aromatic heterocycles. The molecule has 0 spiro atoms. The van der Waals surface area contributed by atoms with Crippen molar-refractivity contribution in [2.24, 2.45) is 17.3 Å². The van der Waals surface area contributed by atoms with Crippen molar-refractivity contribution in [1.29, 1.82) is 5.26 Å². The Morgan fingerprint density at radius 1 is 1.12 bits per heavy atom. The third-order valence-electron chi connectivity index (χ3n) is 6.84. The molecule has 0 radical (unpaired) electrons. The Morgan fingerprint density at radius 3 is 2.75 bits per heavy atom. The molecule has 2 atom stereocenters. The summed E-state index contributed by atoms with van der Waals surface area (Å²) in [6.07, 6.45) is 12.8. The van der Waals surface area contributed by atoms with E-state index in [1.54, 1.807) is 38.9 Å². The van der Waals surface area contributed by atoms with Crippen molar-refractivity contribution in [3.05, 3.63) is 61.4 Å². The minimum Gasteiger partial charge on any atom is -0.309 e. The Hall–Kier alpha value is -3.99. The maximum Gasteiger partial charge on any atom is 0.248 e. The first-order valence-corrected chi connectivity index (χ1v) is 10.8. The average Bonchev–Trinajstić information content (AvgIpc) is 3.29. The van der Waals surface area contributed by atoms with Gasteiger partial charge < -0.3 is 4.90 Å². The van der Waals surface area contributed by atoms with E-state index in [1.807, 2.05) is 43.6 Å². The van der Waals surface area contributed by atoms with Crippen LogP contribution in [-0.2, 0) is 4.79 Å². The molecule has 32 heavy (non-hydrogen) atoms. The van der Waals surface area contributed by atoms with Crippen LogP contribution in [0.1, 0.15) is 19.8 Å². The quantitative estimate of drug-likeness (QED) is 0.501. The number of nitriles is 1. The number of hydrogen-bond donors (Lipinski definition) is 0. The average molecular weight is 423 g/mol. The number of anilines is 1. The van der Waals surface area contributed by atoms with Crippen LogP contribution in [0.3, 0.4) is 0 Å². The number of fused-ring (bicyclic) bond motifs is 1. The summed E-state index contributed by atoms with van der Waals surface area (Å²) in [6, 6.07) is 10.1. The highest BCUT2D eigenvalue weighted by atomic mass is 16.2. The third kappa shape index (κ3) is 2.61. The molecule has 0 bridgehead atoms. The smallest absolute Gasteiger partial charge is 0.248 e. The van der Waals surface area contributed by atoms with Crippen LogP contribution in [0.25, 0.3) is 22.3 Å². The molecule has 158 valence electrons. The predicted octanol–water partition coefficient (Wildman–Crippen LogP) is 3.48. The molecule has 1 saturated carbocycles. The van der Waals surface area contributed by atoms with Gasteiger partial charge >= 0.3 is 0 Å². The van der Waals surface area contributed by atoms with E-state index in [0.29, 0.717) is 6.54 Å². The second-order valence-electron chi connectivity index (χ2n) is 8.73. The van der Waals surface area contributed by atoms with Crippen molar-refractivity contribution < 1.29 is 4.79 Å². The Balaban J connectivity index is 1.39. The van der Waals surface area contributed by atoms with Gasteiger partial charge in [-0.3, -0.25) is 9.78 Å². The van der Waals surface area contributed by atoms with Crippen molar-refractivity contribution in [2.75, 3.05) is 11.4 Å². The zero-order valence-electron chi connectivity index (χ0n) is 17.6.